The van der Waals surface area contributed by atoms with Crippen LogP contribution in [0.15, 0.2) is 29.3 Å². The number of hydrogen-bond acceptors (Lipinski definition) is 7. The highest BCUT2D eigenvalue weighted by atomic mass is 32.2. The molecule has 6 rings (SSSR count). The predicted molar refractivity (Wildman–Crippen MR) is 153 cm³/mol. The number of nitrogens with one attached hydrogen (secondary N) is 1. The number of aryl methyl sites for hydroxylation is 2. The number of carbonyl (C=O) groups is 1. The van der Waals surface area contributed by atoms with Gasteiger partial charge >= 0.3 is 0 Å². The molecule has 39 heavy (non-hydrogen) atoms. The number of fused-ring (bicyclic) bond motifs is 1. The van der Waals surface area contributed by atoms with Crippen LogP contribution in [0.25, 0.3) is 0 Å². The number of likely N-dealkylation sites (tertiary alicyclic amines) is 1. The second-order valence-electron chi connectivity index (χ2n) is 12.6. The molecule has 1 aromatic carbocycles. The van der Waals surface area contributed by atoms with E-state index >= 15 is 0 Å². The number of amides is 1. The van der Waals surface area contributed by atoms with Crippen molar-refractivity contribution < 1.29 is 13.2 Å². The second kappa shape index (κ2) is 10.1. The van der Waals surface area contributed by atoms with E-state index in [9.17, 15) is 13.2 Å². The molecule has 3 heterocycles. The van der Waals surface area contributed by atoms with Crippen molar-refractivity contribution in [2.24, 2.45) is 5.41 Å². The van der Waals surface area contributed by atoms with Gasteiger partial charge in [0.05, 0.1) is 10.1 Å². The van der Waals surface area contributed by atoms with E-state index in [0.717, 1.165) is 87.1 Å². The maximum absolute atomic E-state index is 13.5. The molecule has 1 aromatic heterocycles. The molecule has 0 radical (unpaired) electrons. The molecule has 1 spiro atoms. The minimum atomic E-state index is -3.37. The number of nitrogens with zero attached hydrogens (tertiary/aromatic N) is 4. The van der Waals surface area contributed by atoms with Gasteiger partial charge in [0.2, 0.25) is 11.9 Å². The van der Waals surface area contributed by atoms with Crippen LogP contribution in [0.2, 0.25) is 0 Å². The molecular weight excluding hydrogens is 510 g/mol. The van der Waals surface area contributed by atoms with Gasteiger partial charge in [0.25, 0.3) is 0 Å². The number of aromatic nitrogens is 2. The summed E-state index contributed by atoms with van der Waals surface area (Å²) in [5.74, 6) is 1.30. The standard InChI is InChI=1S/C30H41N5O3S/c1-20(2)34-14-12-30(13-15-34)17-25(18-30)39(37,38)24-9-10-26(21(3)16-24)32-29-31-19-22-8-11-27(36)35(28(22)33-29)23-6-4-5-7-23/h9-10,16,19-20,23,25H,4-8,11-15,17-18H2,1-3H3,(H,31,32,33). The minimum absolute atomic E-state index is 0.146. The van der Waals surface area contributed by atoms with Gasteiger partial charge < -0.3 is 10.2 Å². The molecule has 0 bridgehead atoms. The maximum Gasteiger partial charge on any atom is 0.229 e. The van der Waals surface area contributed by atoms with Crippen LogP contribution >= 0.6 is 0 Å². The maximum atomic E-state index is 13.5. The van der Waals surface area contributed by atoms with Gasteiger partial charge in [-0.25, -0.2) is 13.4 Å². The Bertz CT molecular complexity index is 1350. The van der Waals surface area contributed by atoms with Crippen molar-refractivity contribution in [2.75, 3.05) is 23.3 Å². The number of piperidine rings is 1. The van der Waals surface area contributed by atoms with Crippen LogP contribution in [0.1, 0.15) is 82.8 Å². The van der Waals surface area contributed by atoms with Crippen molar-refractivity contribution in [3.05, 3.63) is 35.5 Å². The molecule has 1 amide bonds. The Morgan fingerprint density at radius 3 is 2.46 bits per heavy atom. The summed E-state index contributed by atoms with van der Waals surface area (Å²) in [6, 6.07) is 6.08. The molecule has 0 atom stereocenters. The summed E-state index contributed by atoms with van der Waals surface area (Å²) < 4.78 is 27.0. The van der Waals surface area contributed by atoms with Crippen LogP contribution in [-0.2, 0) is 21.1 Å². The van der Waals surface area contributed by atoms with Gasteiger partial charge in [-0.2, -0.15) is 4.98 Å². The lowest BCUT2D eigenvalue weighted by atomic mass is 9.63. The highest BCUT2D eigenvalue weighted by Gasteiger charge is 2.51. The highest BCUT2D eigenvalue weighted by molar-refractivity contribution is 7.92. The number of carbonyl (C=O) groups excluding carboxylic acids is 1. The Kier molecular flexibility index (Phi) is 6.94. The molecule has 2 aliphatic heterocycles. The van der Waals surface area contributed by atoms with Crippen LogP contribution in [0, 0.1) is 12.3 Å². The average Bonchev–Trinajstić information content (AvgIpc) is 3.42. The van der Waals surface area contributed by atoms with E-state index in [4.69, 9.17) is 4.98 Å². The summed E-state index contributed by atoms with van der Waals surface area (Å²) in [5, 5.41) is 3.00. The van der Waals surface area contributed by atoms with Crippen molar-refractivity contribution in [2.45, 2.75) is 107 Å². The zero-order chi connectivity index (χ0) is 27.4. The van der Waals surface area contributed by atoms with E-state index in [1.165, 1.54) is 0 Å². The molecule has 4 aliphatic rings. The third-order valence-corrected chi connectivity index (χ3v) is 11.9. The monoisotopic (exact) mass is 551 g/mol. The van der Waals surface area contributed by atoms with Gasteiger partial charge in [-0.05, 0) is 108 Å². The topological polar surface area (TPSA) is 95.5 Å². The SMILES string of the molecule is Cc1cc(S(=O)(=O)C2CC3(CCN(C(C)C)CC3)C2)ccc1Nc1ncc2c(n1)N(C1CCCC1)C(=O)CC2. The van der Waals surface area contributed by atoms with Gasteiger partial charge in [0.15, 0.2) is 9.84 Å². The number of benzene rings is 1. The van der Waals surface area contributed by atoms with Gasteiger partial charge in [-0.15, -0.1) is 0 Å². The van der Waals surface area contributed by atoms with E-state index in [-0.39, 0.29) is 22.6 Å². The summed E-state index contributed by atoms with van der Waals surface area (Å²) in [6.45, 7) is 8.52. The molecule has 2 saturated carbocycles. The van der Waals surface area contributed by atoms with E-state index in [0.29, 0.717) is 29.7 Å². The third-order valence-electron chi connectivity index (χ3n) is 9.76. The lowest BCUT2D eigenvalue weighted by Crippen LogP contribution is -2.52. The zero-order valence-electron chi connectivity index (χ0n) is 23.4. The van der Waals surface area contributed by atoms with E-state index in [1.807, 2.05) is 24.1 Å². The van der Waals surface area contributed by atoms with Crippen LogP contribution in [0.5, 0.6) is 0 Å². The van der Waals surface area contributed by atoms with Crippen LogP contribution in [-0.4, -0.2) is 59.6 Å². The number of rotatable bonds is 6. The fourth-order valence-electron chi connectivity index (χ4n) is 7.18. The Labute approximate surface area is 232 Å². The van der Waals surface area contributed by atoms with Crippen LogP contribution in [0.4, 0.5) is 17.5 Å². The summed E-state index contributed by atoms with van der Waals surface area (Å²) in [6.07, 6.45) is 11.1. The molecule has 3 fully saturated rings. The summed E-state index contributed by atoms with van der Waals surface area (Å²) >= 11 is 0. The fourth-order valence-corrected chi connectivity index (χ4v) is 9.31. The van der Waals surface area contributed by atoms with Gasteiger partial charge in [-0.1, -0.05) is 12.8 Å². The predicted octanol–water partition coefficient (Wildman–Crippen LogP) is 5.18. The van der Waals surface area contributed by atoms with Gasteiger partial charge in [-0.3, -0.25) is 9.69 Å². The summed E-state index contributed by atoms with van der Waals surface area (Å²) in [4.78, 5) is 26.9. The Hall–Kier alpha value is -2.52. The Balaban J connectivity index is 1.15. The molecular formula is C30H41N5O3S. The fraction of sp³-hybridized carbons (Fsp3) is 0.633. The van der Waals surface area contributed by atoms with E-state index in [2.05, 4.69) is 29.0 Å². The van der Waals surface area contributed by atoms with Crippen molar-refractivity contribution >= 4 is 33.2 Å². The molecule has 2 aromatic rings. The Morgan fingerprint density at radius 2 is 1.79 bits per heavy atom. The summed E-state index contributed by atoms with van der Waals surface area (Å²) in [5.41, 5.74) is 2.82. The minimum Gasteiger partial charge on any atom is -0.324 e. The summed E-state index contributed by atoms with van der Waals surface area (Å²) in [7, 11) is -3.37. The van der Waals surface area contributed by atoms with Crippen molar-refractivity contribution in [3.8, 4) is 0 Å². The quantitative estimate of drug-likeness (QED) is 0.529. The Morgan fingerprint density at radius 1 is 1.08 bits per heavy atom. The van der Waals surface area contributed by atoms with Gasteiger partial charge in [0, 0.05) is 36.0 Å². The first kappa shape index (κ1) is 26.7. The van der Waals surface area contributed by atoms with Crippen LogP contribution < -0.4 is 10.2 Å². The normalized spacial score (nSPS) is 22.4. The zero-order valence-corrected chi connectivity index (χ0v) is 24.3. The highest BCUT2D eigenvalue weighted by Crippen LogP contribution is 2.53. The molecule has 1 saturated heterocycles. The molecule has 8 nitrogen and oxygen atoms in total. The van der Waals surface area contributed by atoms with Crippen molar-refractivity contribution in [1.29, 1.82) is 0 Å². The molecule has 210 valence electrons. The molecule has 9 heteroatoms. The number of hydrogen-bond donors (Lipinski definition) is 1. The molecule has 0 unspecified atom stereocenters. The lowest BCUT2D eigenvalue weighted by molar-refractivity contribution is -0.119. The van der Waals surface area contributed by atoms with Gasteiger partial charge in [0.1, 0.15) is 5.82 Å². The first-order chi connectivity index (χ1) is 18.6. The van der Waals surface area contributed by atoms with E-state index < -0.39 is 9.84 Å². The molecule has 1 N–H and O–H groups in total. The smallest absolute Gasteiger partial charge is 0.229 e. The molecule has 2 aliphatic carbocycles. The average molecular weight is 552 g/mol. The number of anilines is 3. The number of sulfone groups is 1. The second-order valence-corrected chi connectivity index (χ2v) is 14.8. The van der Waals surface area contributed by atoms with Crippen molar-refractivity contribution in [3.63, 3.8) is 0 Å². The van der Waals surface area contributed by atoms with E-state index in [1.54, 1.807) is 12.1 Å². The van der Waals surface area contributed by atoms with Crippen LogP contribution in [0.3, 0.4) is 0 Å². The largest absolute Gasteiger partial charge is 0.324 e. The van der Waals surface area contributed by atoms with Crippen molar-refractivity contribution in [1.82, 2.24) is 14.9 Å². The first-order valence-electron chi connectivity index (χ1n) is 14.7. The first-order valence-corrected chi connectivity index (χ1v) is 16.2. The third kappa shape index (κ3) is 4.97. The lowest BCUT2D eigenvalue weighted by Gasteiger charge is -2.52.